The average molecular weight is 259 g/mol. The maximum Gasteiger partial charge on any atom is 0.119 e. The number of nitrogens with one attached hydrogen (secondary N) is 1. The van der Waals surface area contributed by atoms with Crippen molar-refractivity contribution >= 4 is 11.8 Å². The van der Waals surface area contributed by atoms with Crippen LogP contribution in [0, 0.1) is 0 Å². The minimum atomic E-state index is 0.900. The van der Waals surface area contributed by atoms with E-state index in [1.165, 1.54) is 10.5 Å². The van der Waals surface area contributed by atoms with Crippen molar-refractivity contribution < 1.29 is 0 Å². The van der Waals surface area contributed by atoms with Crippen molar-refractivity contribution in [3.63, 3.8) is 0 Å². The second-order valence-electron chi connectivity index (χ2n) is 3.93. The van der Waals surface area contributed by atoms with Gasteiger partial charge in [-0.2, -0.15) is 0 Å². The molecule has 0 aliphatic heterocycles. The smallest absolute Gasteiger partial charge is 0.119 e. The van der Waals surface area contributed by atoms with Gasteiger partial charge in [-0.1, -0.05) is 36.9 Å². The van der Waals surface area contributed by atoms with Crippen LogP contribution in [0.4, 0.5) is 0 Å². The second-order valence-corrected chi connectivity index (χ2v) is 4.99. The molecule has 0 bridgehead atoms. The Morgan fingerprint density at radius 1 is 1.22 bits per heavy atom. The van der Waals surface area contributed by atoms with E-state index in [2.05, 4.69) is 46.5 Å². The number of rotatable bonds is 6. The van der Waals surface area contributed by atoms with Gasteiger partial charge in [-0.3, -0.25) is 4.98 Å². The number of nitrogens with zero attached hydrogens (tertiary/aromatic N) is 2. The molecule has 0 radical (unpaired) electrons. The zero-order valence-electron chi connectivity index (χ0n) is 10.5. The van der Waals surface area contributed by atoms with Crippen LogP contribution in [0.25, 0.3) is 0 Å². The highest BCUT2D eigenvalue weighted by Gasteiger charge is 2.04. The van der Waals surface area contributed by atoms with E-state index in [0.717, 1.165) is 24.5 Å². The van der Waals surface area contributed by atoms with Gasteiger partial charge in [0.15, 0.2) is 0 Å². The van der Waals surface area contributed by atoms with Crippen LogP contribution in [0.15, 0.2) is 52.8 Å². The third kappa shape index (κ3) is 3.82. The van der Waals surface area contributed by atoms with Crippen LogP contribution in [-0.2, 0) is 6.54 Å². The van der Waals surface area contributed by atoms with Crippen LogP contribution in [0.5, 0.6) is 0 Å². The van der Waals surface area contributed by atoms with E-state index in [1.54, 1.807) is 30.4 Å². The summed E-state index contributed by atoms with van der Waals surface area (Å²) in [4.78, 5) is 9.62. The molecule has 0 aliphatic rings. The van der Waals surface area contributed by atoms with Gasteiger partial charge >= 0.3 is 0 Å². The molecule has 2 rings (SSSR count). The van der Waals surface area contributed by atoms with Crippen LogP contribution in [0.2, 0.25) is 0 Å². The first-order valence-corrected chi connectivity index (χ1v) is 6.94. The van der Waals surface area contributed by atoms with Crippen molar-refractivity contribution in [1.82, 2.24) is 15.3 Å². The minimum absolute atomic E-state index is 0.900. The van der Waals surface area contributed by atoms with E-state index in [0.29, 0.717) is 0 Å². The predicted octanol–water partition coefficient (Wildman–Crippen LogP) is 3.13. The maximum atomic E-state index is 4.29. The predicted molar refractivity (Wildman–Crippen MR) is 74.6 cm³/mol. The standard InChI is InChI=1S/C14H17N3S/c1-2-7-15-10-12-5-3-4-6-13(12)18-14-11-16-8-9-17-14/h3-6,8-9,11,15H,2,7,10H2,1H3. The summed E-state index contributed by atoms with van der Waals surface area (Å²) in [7, 11) is 0. The molecule has 0 aliphatic carbocycles. The van der Waals surface area contributed by atoms with Crippen molar-refractivity contribution in [3.05, 3.63) is 48.4 Å². The van der Waals surface area contributed by atoms with Gasteiger partial charge in [-0.25, -0.2) is 4.98 Å². The normalized spacial score (nSPS) is 10.5. The molecule has 0 unspecified atom stereocenters. The minimum Gasteiger partial charge on any atom is -0.313 e. The molecule has 0 atom stereocenters. The fourth-order valence-corrected chi connectivity index (χ4v) is 2.47. The Morgan fingerprint density at radius 2 is 2.11 bits per heavy atom. The summed E-state index contributed by atoms with van der Waals surface area (Å²) >= 11 is 1.66. The van der Waals surface area contributed by atoms with Crippen molar-refractivity contribution in [1.29, 1.82) is 0 Å². The molecular weight excluding hydrogens is 242 g/mol. The Morgan fingerprint density at radius 3 is 2.89 bits per heavy atom. The highest BCUT2D eigenvalue weighted by atomic mass is 32.2. The van der Waals surface area contributed by atoms with Crippen molar-refractivity contribution in [3.8, 4) is 0 Å². The summed E-state index contributed by atoms with van der Waals surface area (Å²) in [6.07, 6.45) is 6.36. The molecule has 2 aromatic rings. The third-order valence-electron chi connectivity index (χ3n) is 2.47. The second kappa shape index (κ2) is 7.13. The van der Waals surface area contributed by atoms with Crippen molar-refractivity contribution in [2.75, 3.05) is 6.54 Å². The van der Waals surface area contributed by atoms with E-state index in [9.17, 15) is 0 Å². The molecule has 0 fully saturated rings. The van der Waals surface area contributed by atoms with Gasteiger partial charge in [0.25, 0.3) is 0 Å². The molecule has 3 nitrogen and oxygen atoms in total. The summed E-state index contributed by atoms with van der Waals surface area (Å²) in [6.45, 7) is 4.12. The maximum absolute atomic E-state index is 4.29. The topological polar surface area (TPSA) is 37.8 Å². The van der Waals surface area contributed by atoms with Gasteiger partial charge in [0.05, 0.1) is 6.20 Å². The van der Waals surface area contributed by atoms with E-state index in [4.69, 9.17) is 0 Å². The molecule has 18 heavy (non-hydrogen) atoms. The van der Waals surface area contributed by atoms with Crippen LogP contribution in [0.1, 0.15) is 18.9 Å². The summed E-state index contributed by atoms with van der Waals surface area (Å²) in [5, 5.41) is 4.36. The van der Waals surface area contributed by atoms with Gasteiger partial charge in [0.1, 0.15) is 5.03 Å². The molecule has 1 heterocycles. The first kappa shape index (κ1) is 13.1. The zero-order chi connectivity index (χ0) is 12.6. The number of benzene rings is 1. The van der Waals surface area contributed by atoms with Crippen LogP contribution in [0.3, 0.4) is 0 Å². The highest BCUT2D eigenvalue weighted by molar-refractivity contribution is 7.99. The Balaban J connectivity index is 2.07. The zero-order valence-corrected chi connectivity index (χ0v) is 11.3. The fraction of sp³-hybridized carbons (Fsp3) is 0.286. The fourth-order valence-electron chi connectivity index (χ4n) is 1.60. The van der Waals surface area contributed by atoms with Crippen molar-refractivity contribution in [2.45, 2.75) is 29.8 Å². The molecule has 1 aromatic heterocycles. The molecular formula is C14H17N3S. The lowest BCUT2D eigenvalue weighted by Crippen LogP contribution is -2.14. The monoisotopic (exact) mass is 259 g/mol. The number of aromatic nitrogens is 2. The Kier molecular flexibility index (Phi) is 5.17. The van der Waals surface area contributed by atoms with Crippen LogP contribution in [-0.4, -0.2) is 16.5 Å². The molecule has 4 heteroatoms. The van der Waals surface area contributed by atoms with Crippen LogP contribution < -0.4 is 5.32 Å². The molecule has 1 N–H and O–H groups in total. The lowest BCUT2D eigenvalue weighted by atomic mass is 10.2. The first-order chi connectivity index (χ1) is 8.90. The van der Waals surface area contributed by atoms with E-state index < -0.39 is 0 Å². The quantitative estimate of drug-likeness (QED) is 0.809. The van der Waals surface area contributed by atoms with E-state index in [-0.39, 0.29) is 0 Å². The van der Waals surface area contributed by atoms with E-state index in [1.807, 2.05) is 0 Å². The summed E-state index contributed by atoms with van der Waals surface area (Å²) in [5.41, 5.74) is 1.31. The van der Waals surface area contributed by atoms with Gasteiger partial charge in [-0.05, 0) is 24.6 Å². The molecule has 0 amide bonds. The molecule has 0 saturated carbocycles. The highest BCUT2D eigenvalue weighted by Crippen LogP contribution is 2.28. The van der Waals surface area contributed by atoms with Crippen molar-refractivity contribution in [2.24, 2.45) is 0 Å². The first-order valence-electron chi connectivity index (χ1n) is 6.12. The SMILES string of the molecule is CCCNCc1ccccc1Sc1cnccn1. The Bertz CT molecular complexity index is 473. The number of hydrogen-bond donors (Lipinski definition) is 1. The summed E-state index contributed by atoms with van der Waals surface area (Å²) in [5.74, 6) is 0. The Hall–Kier alpha value is -1.39. The number of hydrogen-bond acceptors (Lipinski definition) is 4. The molecule has 0 saturated heterocycles. The summed E-state index contributed by atoms with van der Waals surface area (Å²) in [6, 6.07) is 8.41. The third-order valence-corrected chi connectivity index (χ3v) is 3.51. The average Bonchev–Trinajstić information content (AvgIpc) is 2.42. The molecule has 94 valence electrons. The van der Waals surface area contributed by atoms with E-state index >= 15 is 0 Å². The van der Waals surface area contributed by atoms with Gasteiger partial charge in [-0.15, -0.1) is 0 Å². The van der Waals surface area contributed by atoms with Gasteiger partial charge < -0.3 is 5.32 Å². The van der Waals surface area contributed by atoms with Gasteiger partial charge in [0, 0.05) is 23.8 Å². The van der Waals surface area contributed by atoms with Gasteiger partial charge in [0.2, 0.25) is 0 Å². The summed E-state index contributed by atoms with van der Waals surface area (Å²) < 4.78 is 0. The largest absolute Gasteiger partial charge is 0.313 e. The van der Waals surface area contributed by atoms with Crippen LogP contribution >= 0.6 is 11.8 Å². The lowest BCUT2D eigenvalue weighted by Gasteiger charge is -2.09. The molecule has 0 spiro atoms. The molecule has 1 aromatic carbocycles. The Labute approximate surface area is 112 Å². The lowest BCUT2D eigenvalue weighted by molar-refractivity contribution is 0.669.